The monoisotopic (exact) mass is 389 g/mol. The number of nitrogens with one attached hydrogen (secondary N) is 1. The van der Waals surface area contributed by atoms with Crippen LogP contribution in [0.1, 0.15) is 29.9 Å². The molecule has 0 spiro atoms. The minimum absolute atomic E-state index is 0.221. The minimum atomic E-state index is -0.221. The van der Waals surface area contributed by atoms with E-state index in [0.29, 0.717) is 5.92 Å². The van der Waals surface area contributed by atoms with Crippen LogP contribution in [-0.2, 0) is 13.6 Å². The molecule has 1 N–H and O–H groups in total. The predicted molar refractivity (Wildman–Crippen MR) is 112 cm³/mol. The van der Waals surface area contributed by atoms with Crippen molar-refractivity contribution in [2.45, 2.75) is 25.3 Å². The van der Waals surface area contributed by atoms with Gasteiger partial charge in [-0.1, -0.05) is 0 Å². The third-order valence-corrected chi connectivity index (χ3v) is 5.93. The topological polar surface area (TPSA) is 49.7 Å². The van der Waals surface area contributed by atoms with Gasteiger partial charge in [-0.15, -0.1) is 0 Å². The SMILES string of the molecule is Cn1cc(CN2CCC(c3c[nH]c4ncccc34)CC2)c(-c2ccc(F)cc2)n1. The number of rotatable bonds is 4. The molecule has 1 aromatic carbocycles. The molecule has 1 saturated heterocycles. The summed E-state index contributed by atoms with van der Waals surface area (Å²) in [5.41, 5.74) is 5.46. The Morgan fingerprint density at radius 2 is 1.93 bits per heavy atom. The van der Waals surface area contributed by atoms with Gasteiger partial charge in [0, 0.05) is 48.7 Å². The summed E-state index contributed by atoms with van der Waals surface area (Å²) in [4.78, 5) is 10.2. The number of aromatic nitrogens is 4. The highest BCUT2D eigenvalue weighted by molar-refractivity contribution is 5.80. The molecule has 5 nitrogen and oxygen atoms in total. The molecule has 4 heterocycles. The summed E-state index contributed by atoms with van der Waals surface area (Å²) in [5.74, 6) is 0.343. The van der Waals surface area contributed by atoms with Gasteiger partial charge in [0.05, 0.1) is 5.69 Å². The Morgan fingerprint density at radius 3 is 2.72 bits per heavy atom. The Labute approximate surface area is 169 Å². The van der Waals surface area contributed by atoms with Gasteiger partial charge in [0.2, 0.25) is 0 Å². The van der Waals surface area contributed by atoms with Crippen LogP contribution in [0.25, 0.3) is 22.3 Å². The van der Waals surface area contributed by atoms with Crippen molar-refractivity contribution >= 4 is 11.0 Å². The van der Waals surface area contributed by atoms with Crippen LogP contribution in [0.3, 0.4) is 0 Å². The number of likely N-dealkylation sites (tertiary alicyclic amines) is 1. The molecule has 0 aliphatic carbocycles. The second-order valence-electron chi connectivity index (χ2n) is 7.88. The van der Waals surface area contributed by atoms with Crippen molar-refractivity contribution in [3.05, 3.63) is 71.9 Å². The quantitative estimate of drug-likeness (QED) is 0.560. The zero-order valence-corrected chi connectivity index (χ0v) is 16.5. The largest absolute Gasteiger partial charge is 0.346 e. The lowest BCUT2D eigenvalue weighted by Crippen LogP contribution is -2.32. The normalized spacial score (nSPS) is 15.9. The van der Waals surface area contributed by atoms with Crippen LogP contribution in [0.15, 0.2) is 55.0 Å². The predicted octanol–water partition coefficient (Wildman–Crippen LogP) is 4.48. The maximum atomic E-state index is 13.3. The Hall–Kier alpha value is -2.99. The molecule has 6 heteroatoms. The maximum Gasteiger partial charge on any atom is 0.137 e. The average molecular weight is 389 g/mol. The van der Waals surface area contributed by atoms with Crippen LogP contribution >= 0.6 is 0 Å². The Bertz CT molecular complexity index is 1120. The summed E-state index contributed by atoms with van der Waals surface area (Å²) < 4.78 is 15.1. The lowest BCUT2D eigenvalue weighted by atomic mass is 9.89. The molecule has 1 aliphatic rings. The standard InChI is InChI=1S/C23H24FN5/c1-28-14-18(22(27-28)17-4-6-19(24)7-5-17)15-29-11-8-16(9-12-29)21-13-26-23-20(21)3-2-10-25-23/h2-7,10,13-14,16H,8-9,11-12,15H2,1H3,(H,25,26). The van der Waals surface area contributed by atoms with Gasteiger partial charge in [-0.25, -0.2) is 9.37 Å². The number of aromatic amines is 1. The van der Waals surface area contributed by atoms with E-state index in [-0.39, 0.29) is 5.82 Å². The van der Waals surface area contributed by atoms with E-state index in [2.05, 4.69) is 38.4 Å². The summed E-state index contributed by atoms with van der Waals surface area (Å²) in [5, 5.41) is 5.87. The number of piperidine rings is 1. The zero-order valence-electron chi connectivity index (χ0n) is 16.5. The second kappa shape index (κ2) is 7.44. The van der Waals surface area contributed by atoms with E-state index in [0.717, 1.165) is 49.4 Å². The van der Waals surface area contributed by atoms with Gasteiger partial charge >= 0.3 is 0 Å². The third kappa shape index (κ3) is 3.56. The molecule has 0 unspecified atom stereocenters. The van der Waals surface area contributed by atoms with Crippen molar-refractivity contribution in [3.63, 3.8) is 0 Å². The van der Waals surface area contributed by atoms with Gasteiger partial charge < -0.3 is 4.98 Å². The van der Waals surface area contributed by atoms with Gasteiger partial charge in [0.25, 0.3) is 0 Å². The van der Waals surface area contributed by atoms with E-state index >= 15 is 0 Å². The van der Waals surface area contributed by atoms with Crippen molar-refractivity contribution in [3.8, 4) is 11.3 Å². The van der Waals surface area contributed by atoms with Crippen LogP contribution in [0.4, 0.5) is 4.39 Å². The molecular formula is C23H24FN5. The van der Waals surface area contributed by atoms with Crippen LogP contribution in [0.5, 0.6) is 0 Å². The van der Waals surface area contributed by atoms with Gasteiger partial charge in [-0.3, -0.25) is 9.58 Å². The van der Waals surface area contributed by atoms with Crippen molar-refractivity contribution in [1.82, 2.24) is 24.6 Å². The molecule has 0 radical (unpaired) electrons. The molecule has 0 bridgehead atoms. The number of hydrogen-bond donors (Lipinski definition) is 1. The number of fused-ring (bicyclic) bond motifs is 1. The fourth-order valence-electron chi connectivity index (χ4n) is 4.46. The first-order valence-corrected chi connectivity index (χ1v) is 10.1. The highest BCUT2D eigenvalue weighted by atomic mass is 19.1. The first-order chi connectivity index (χ1) is 14.2. The van der Waals surface area contributed by atoms with Crippen LogP contribution < -0.4 is 0 Å². The number of H-pyrrole nitrogens is 1. The van der Waals surface area contributed by atoms with E-state index in [1.165, 1.54) is 28.6 Å². The number of halogens is 1. The fraction of sp³-hybridized carbons (Fsp3) is 0.304. The Kier molecular flexibility index (Phi) is 4.64. The van der Waals surface area contributed by atoms with E-state index in [1.54, 1.807) is 12.1 Å². The number of aryl methyl sites for hydroxylation is 1. The number of benzene rings is 1. The van der Waals surface area contributed by atoms with Crippen molar-refractivity contribution < 1.29 is 4.39 Å². The molecule has 4 aromatic rings. The molecule has 3 aromatic heterocycles. The summed E-state index contributed by atoms with van der Waals surface area (Å²) >= 11 is 0. The molecule has 1 aliphatic heterocycles. The highest BCUT2D eigenvalue weighted by Crippen LogP contribution is 2.33. The first-order valence-electron chi connectivity index (χ1n) is 10.1. The lowest BCUT2D eigenvalue weighted by molar-refractivity contribution is 0.205. The number of nitrogens with zero attached hydrogens (tertiary/aromatic N) is 4. The van der Waals surface area contributed by atoms with Crippen LogP contribution in [-0.4, -0.2) is 37.7 Å². The third-order valence-electron chi connectivity index (χ3n) is 5.93. The van der Waals surface area contributed by atoms with Crippen LogP contribution in [0.2, 0.25) is 0 Å². The number of hydrogen-bond acceptors (Lipinski definition) is 3. The summed E-state index contributed by atoms with van der Waals surface area (Å²) in [6, 6.07) is 10.8. The molecule has 5 rings (SSSR count). The van der Waals surface area contributed by atoms with Crippen LogP contribution in [0, 0.1) is 5.82 Å². The second-order valence-corrected chi connectivity index (χ2v) is 7.88. The van der Waals surface area contributed by atoms with Crippen molar-refractivity contribution in [2.24, 2.45) is 7.05 Å². The smallest absolute Gasteiger partial charge is 0.137 e. The first kappa shape index (κ1) is 18.1. The molecule has 0 amide bonds. The van der Waals surface area contributed by atoms with Crippen molar-refractivity contribution in [1.29, 1.82) is 0 Å². The van der Waals surface area contributed by atoms with Gasteiger partial charge in [-0.2, -0.15) is 5.10 Å². The summed E-state index contributed by atoms with van der Waals surface area (Å²) in [6.07, 6.45) is 8.31. The number of pyridine rings is 1. The van der Waals surface area contributed by atoms with Crippen molar-refractivity contribution in [2.75, 3.05) is 13.1 Å². The van der Waals surface area contributed by atoms with Gasteiger partial charge in [0.1, 0.15) is 11.5 Å². The Balaban J connectivity index is 1.29. The Morgan fingerprint density at radius 1 is 1.14 bits per heavy atom. The molecule has 0 atom stereocenters. The molecule has 1 fully saturated rings. The van der Waals surface area contributed by atoms with E-state index in [9.17, 15) is 4.39 Å². The maximum absolute atomic E-state index is 13.3. The molecule has 0 saturated carbocycles. The highest BCUT2D eigenvalue weighted by Gasteiger charge is 2.24. The average Bonchev–Trinajstić information content (AvgIpc) is 3.33. The van der Waals surface area contributed by atoms with E-state index in [1.807, 2.05) is 24.0 Å². The molecular weight excluding hydrogens is 365 g/mol. The molecule has 148 valence electrons. The lowest BCUT2D eigenvalue weighted by Gasteiger charge is -2.31. The van der Waals surface area contributed by atoms with E-state index in [4.69, 9.17) is 0 Å². The summed E-state index contributed by atoms with van der Waals surface area (Å²) in [7, 11) is 1.94. The van der Waals surface area contributed by atoms with Gasteiger partial charge in [-0.05, 0) is 73.8 Å². The molecule has 29 heavy (non-hydrogen) atoms. The summed E-state index contributed by atoms with van der Waals surface area (Å²) in [6.45, 7) is 2.97. The fourth-order valence-corrected chi connectivity index (χ4v) is 4.46. The zero-order chi connectivity index (χ0) is 19.8. The van der Waals surface area contributed by atoms with Gasteiger partial charge in [0.15, 0.2) is 0 Å². The minimum Gasteiger partial charge on any atom is -0.346 e. The van der Waals surface area contributed by atoms with E-state index < -0.39 is 0 Å².